The first-order valence-corrected chi connectivity index (χ1v) is 8.30. The molecular weight excluding hydrogens is 180 g/mol. The molecular formula is C10H20O2Si. The van der Waals surface area contributed by atoms with E-state index in [0.29, 0.717) is 6.61 Å². The van der Waals surface area contributed by atoms with Gasteiger partial charge in [0, 0.05) is 0 Å². The average molecular weight is 200 g/mol. The molecule has 0 amide bonds. The van der Waals surface area contributed by atoms with Crippen LogP contribution in [-0.4, -0.2) is 20.7 Å². The van der Waals surface area contributed by atoms with Crippen LogP contribution in [0.1, 0.15) is 13.8 Å². The van der Waals surface area contributed by atoms with E-state index in [1.54, 1.807) is 0 Å². The molecule has 0 heterocycles. The molecule has 0 aromatic heterocycles. The van der Waals surface area contributed by atoms with Crippen LogP contribution < -0.4 is 0 Å². The molecule has 0 bridgehead atoms. The van der Waals surface area contributed by atoms with E-state index >= 15 is 0 Å². The van der Waals surface area contributed by atoms with Crippen molar-refractivity contribution in [2.45, 2.75) is 39.0 Å². The Kier molecular flexibility index (Phi) is 4.99. The lowest BCUT2D eigenvalue weighted by Gasteiger charge is -2.23. The van der Waals surface area contributed by atoms with Crippen LogP contribution in [0.25, 0.3) is 0 Å². The van der Waals surface area contributed by atoms with Crippen LogP contribution in [0.15, 0.2) is 12.2 Å². The fraction of sp³-hybridized carbons (Fsp3) is 0.700. The van der Waals surface area contributed by atoms with E-state index in [-0.39, 0.29) is 11.5 Å². The summed E-state index contributed by atoms with van der Waals surface area (Å²) in [5, 5.41) is 0. The number of carbonyl (C=O) groups is 1. The maximum Gasteiger partial charge on any atom is 0.309 e. The molecule has 0 aliphatic carbocycles. The number of esters is 1. The summed E-state index contributed by atoms with van der Waals surface area (Å²) < 4.78 is 5.03. The van der Waals surface area contributed by atoms with Crippen LogP contribution >= 0.6 is 0 Å². The second-order valence-corrected chi connectivity index (χ2v) is 9.48. The molecule has 0 radical (unpaired) electrons. The Morgan fingerprint density at radius 3 is 2.31 bits per heavy atom. The zero-order valence-electron chi connectivity index (χ0n) is 9.26. The minimum absolute atomic E-state index is 0.00236. The highest BCUT2D eigenvalue weighted by Gasteiger charge is 2.31. The molecule has 0 aliphatic heterocycles. The van der Waals surface area contributed by atoms with Crippen molar-refractivity contribution < 1.29 is 9.53 Å². The van der Waals surface area contributed by atoms with Gasteiger partial charge >= 0.3 is 5.97 Å². The van der Waals surface area contributed by atoms with Gasteiger partial charge in [0.25, 0.3) is 0 Å². The smallest absolute Gasteiger partial charge is 0.309 e. The van der Waals surface area contributed by atoms with E-state index in [2.05, 4.69) is 19.6 Å². The van der Waals surface area contributed by atoms with Crippen LogP contribution in [0.2, 0.25) is 25.2 Å². The van der Waals surface area contributed by atoms with Crippen LogP contribution in [0, 0.1) is 0 Å². The third-order valence-corrected chi connectivity index (χ3v) is 4.15. The zero-order chi connectivity index (χ0) is 10.5. The fourth-order valence-corrected chi connectivity index (χ4v) is 2.71. The summed E-state index contributed by atoms with van der Waals surface area (Å²) >= 11 is 0. The molecule has 13 heavy (non-hydrogen) atoms. The van der Waals surface area contributed by atoms with Crippen molar-refractivity contribution in [3.05, 3.63) is 12.2 Å². The highest BCUT2D eigenvalue weighted by molar-refractivity contribution is 6.80. The van der Waals surface area contributed by atoms with Gasteiger partial charge < -0.3 is 4.74 Å². The Morgan fingerprint density at radius 2 is 2.00 bits per heavy atom. The van der Waals surface area contributed by atoms with Crippen molar-refractivity contribution in [3.63, 3.8) is 0 Å². The highest BCUT2D eigenvalue weighted by Crippen LogP contribution is 2.24. The van der Waals surface area contributed by atoms with Gasteiger partial charge in [0.15, 0.2) is 0 Å². The standard InChI is InChI=1S/C10H20O2Si/c1-6-8-9(13(3,4)5)10(11)12-7-2/h6,8-9H,7H2,1-5H3/b8-6+. The summed E-state index contributed by atoms with van der Waals surface area (Å²) in [7, 11) is -1.47. The molecule has 3 heteroatoms. The molecule has 0 aromatic carbocycles. The Bertz CT molecular complexity index is 192. The summed E-state index contributed by atoms with van der Waals surface area (Å²) in [4.78, 5) is 11.5. The van der Waals surface area contributed by atoms with Crippen molar-refractivity contribution in [2.75, 3.05) is 6.61 Å². The summed E-state index contributed by atoms with van der Waals surface area (Å²) in [6, 6.07) is 0. The highest BCUT2D eigenvalue weighted by atomic mass is 28.3. The molecule has 2 nitrogen and oxygen atoms in total. The molecule has 0 spiro atoms. The van der Waals surface area contributed by atoms with Crippen molar-refractivity contribution >= 4 is 14.0 Å². The topological polar surface area (TPSA) is 26.3 Å². The predicted octanol–water partition coefficient (Wildman–Crippen LogP) is 2.83. The molecule has 0 saturated carbocycles. The Morgan fingerprint density at radius 1 is 1.46 bits per heavy atom. The van der Waals surface area contributed by atoms with Gasteiger partial charge in [-0.25, -0.2) is 0 Å². The number of ether oxygens (including phenoxy) is 1. The van der Waals surface area contributed by atoms with E-state index in [1.165, 1.54) is 0 Å². The third kappa shape index (κ3) is 4.27. The number of allylic oxidation sites excluding steroid dienone is 1. The SMILES string of the molecule is C/C=C/C(C(=O)OCC)[Si](C)(C)C. The lowest BCUT2D eigenvalue weighted by atomic mass is 10.4. The third-order valence-electron chi connectivity index (χ3n) is 1.86. The monoisotopic (exact) mass is 200 g/mol. The first kappa shape index (κ1) is 12.4. The molecule has 0 saturated heterocycles. The minimum atomic E-state index is -1.47. The molecule has 0 rings (SSSR count). The van der Waals surface area contributed by atoms with Crippen LogP contribution in [0.3, 0.4) is 0 Å². The molecule has 0 fully saturated rings. The van der Waals surface area contributed by atoms with Crippen LogP contribution in [-0.2, 0) is 9.53 Å². The lowest BCUT2D eigenvalue weighted by Crippen LogP contribution is -2.33. The molecule has 76 valence electrons. The van der Waals surface area contributed by atoms with Gasteiger partial charge in [-0.15, -0.1) is 0 Å². The number of rotatable bonds is 4. The van der Waals surface area contributed by atoms with E-state index in [9.17, 15) is 4.79 Å². The number of hydrogen-bond donors (Lipinski definition) is 0. The van der Waals surface area contributed by atoms with Crippen molar-refractivity contribution in [1.29, 1.82) is 0 Å². The van der Waals surface area contributed by atoms with Crippen LogP contribution in [0.4, 0.5) is 0 Å². The van der Waals surface area contributed by atoms with E-state index in [1.807, 2.05) is 26.0 Å². The van der Waals surface area contributed by atoms with Crippen molar-refractivity contribution in [2.24, 2.45) is 0 Å². The molecule has 0 N–H and O–H groups in total. The minimum Gasteiger partial charge on any atom is -0.466 e. The van der Waals surface area contributed by atoms with Gasteiger partial charge in [-0.05, 0) is 13.8 Å². The van der Waals surface area contributed by atoms with Crippen molar-refractivity contribution in [3.8, 4) is 0 Å². The average Bonchev–Trinajstić information content (AvgIpc) is 1.98. The van der Waals surface area contributed by atoms with E-state index in [4.69, 9.17) is 4.74 Å². The summed E-state index contributed by atoms with van der Waals surface area (Å²) in [5.74, 6) is -0.0697. The van der Waals surface area contributed by atoms with Gasteiger partial charge in [0.1, 0.15) is 0 Å². The second kappa shape index (κ2) is 5.22. The Balaban J connectivity index is 4.52. The lowest BCUT2D eigenvalue weighted by molar-refractivity contribution is -0.142. The summed E-state index contributed by atoms with van der Waals surface area (Å²) in [5.41, 5.74) is -0.00236. The number of carbonyl (C=O) groups excluding carboxylic acids is 1. The van der Waals surface area contributed by atoms with E-state index in [0.717, 1.165) is 0 Å². The quantitative estimate of drug-likeness (QED) is 0.396. The van der Waals surface area contributed by atoms with E-state index < -0.39 is 8.07 Å². The summed E-state index contributed by atoms with van der Waals surface area (Å²) in [6.07, 6.45) is 3.89. The largest absolute Gasteiger partial charge is 0.466 e. The fourth-order valence-electron chi connectivity index (χ4n) is 1.15. The van der Waals surface area contributed by atoms with Gasteiger partial charge in [-0.1, -0.05) is 31.8 Å². The molecule has 0 aromatic rings. The first-order valence-electron chi connectivity index (χ1n) is 4.73. The maximum absolute atomic E-state index is 11.5. The van der Waals surface area contributed by atoms with Gasteiger partial charge in [-0.2, -0.15) is 0 Å². The molecule has 0 aliphatic rings. The number of hydrogen-bond acceptors (Lipinski definition) is 2. The maximum atomic E-state index is 11.5. The first-order chi connectivity index (χ1) is 5.93. The van der Waals surface area contributed by atoms with Gasteiger partial charge in [0.2, 0.25) is 0 Å². The van der Waals surface area contributed by atoms with Gasteiger partial charge in [0.05, 0.1) is 20.2 Å². The Labute approximate surface area is 82.0 Å². The normalized spacial score (nSPS) is 14.5. The molecule has 1 atom stereocenters. The Hall–Kier alpha value is -0.573. The summed E-state index contributed by atoms with van der Waals surface area (Å²) in [6.45, 7) is 10.8. The second-order valence-electron chi connectivity index (χ2n) is 4.12. The predicted molar refractivity (Wildman–Crippen MR) is 58.5 cm³/mol. The zero-order valence-corrected chi connectivity index (χ0v) is 10.3. The molecule has 1 unspecified atom stereocenters. The van der Waals surface area contributed by atoms with Gasteiger partial charge in [-0.3, -0.25) is 4.79 Å². The van der Waals surface area contributed by atoms with Crippen LogP contribution in [0.5, 0.6) is 0 Å². The van der Waals surface area contributed by atoms with Crippen molar-refractivity contribution in [1.82, 2.24) is 0 Å².